The maximum atomic E-state index is 12.3. The van der Waals surface area contributed by atoms with Crippen molar-refractivity contribution in [3.05, 3.63) is 29.3 Å². The highest BCUT2D eigenvalue weighted by molar-refractivity contribution is 6.30. The largest absolute Gasteiger partial charge is 0.480 e. The molecule has 0 saturated heterocycles. The van der Waals surface area contributed by atoms with E-state index in [0.717, 1.165) is 6.54 Å². The summed E-state index contributed by atoms with van der Waals surface area (Å²) in [4.78, 5) is 24.4. The van der Waals surface area contributed by atoms with E-state index in [-0.39, 0.29) is 24.9 Å². The number of carbonyl (C=O) groups is 2. The van der Waals surface area contributed by atoms with Gasteiger partial charge in [-0.1, -0.05) is 24.6 Å². The quantitative estimate of drug-likeness (QED) is 0.809. The number of carboxylic acids is 1. The van der Waals surface area contributed by atoms with Crippen LogP contribution in [-0.2, 0) is 9.59 Å². The van der Waals surface area contributed by atoms with Gasteiger partial charge in [-0.3, -0.25) is 9.59 Å². The molecule has 0 aromatic heterocycles. The second kappa shape index (κ2) is 7.87. The van der Waals surface area contributed by atoms with Crippen LogP contribution < -0.4 is 10.2 Å². The van der Waals surface area contributed by atoms with Gasteiger partial charge < -0.3 is 15.3 Å². The summed E-state index contributed by atoms with van der Waals surface area (Å²) in [6.45, 7) is 4.22. The summed E-state index contributed by atoms with van der Waals surface area (Å²) < 4.78 is 0. The van der Waals surface area contributed by atoms with Crippen LogP contribution in [0.5, 0.6) is 0 Å². The molecule has 0 aliphatic heterocycles. The van der Waals surface area contributed by atoms with Gasteiger partial charge in [0.2, 0.25) is 5.91 Å². The van der Waals surface area contributed by atoms with Gasteiger partial charge in [-0.15, -0.1) is 0 Å². The molecule has 1 rings (SSSR count). The molecule has 20 heavy (non-hydrogen) atoms. The van der Waals surface area contributed by atoms with Gasteiger partial charge in [-0.05, 0) is 31.7 Å². The van der Waals surface area contributed by atoms with Crippen LogP contribution in [0.4, 0.5) is 5.69 Å². The van der Waals surface area contributed by atoms with Crippen molar-refractivity contribution in [2.75, 3.05) is 18.0 Å². The zero-order valence-corrected chi connectivity index (χ0v) is 12.4. The van der Waals surface area contributed by atoms with E-state index in [2.05, 4.69) is 5.32 Å². The molecule has 1 aromatic rings. The van der Waals surface area contributed by atoms with Crippen LogP contribution in [0.2, 0.25) is 5.02 Å². The molecule has 0 bridgehead atoms. The van der Waals surface area contributed by atoms with Crippen LogP contribution >= 0.6 is 11.6 Å². The fraction of sp³-hybridized carbons (Fsp3) is 0.429. The minimum Gasteiger partial charge on any atom is -0.480 e. The maximum Gasteiger partial charge on any atom is 0.323 e. The average Bonchev–Trinajstić information content (AvgIpc) is 2.35. The smallest absolute Gasteiger partial charge is 0.323 e. The average molecular weight is 299 g/mol. The van der Waals surface area contributed by atoms with Gasteiger partial charge in [-0.2, -0.15) is 0 Å². The SMILES string of the molecule is CCNC(C)CC(=O)N(CC(=O)O)c1cccc(Cl)c1. The Kier molecular flexibility index (Phi) is 6.48. The normalized spacial score (nSPS) is 11.9. The standard InChI is InChI=1S/C14H19ClN2O3/c1-3-16-10(2)7-13(18)17(9-14(19)20)12-6-4-5-11(15)8-12/h4-6,8,10,16H,3,7,9H2,1-2H3,(H,19,20). The summed E-state index contributed by atoms with van der Waals surface area (Å²) in [7, 11) is 0. The number of rotatable bonds is 7. The topological polar surface area (TPSA) is 69.6 Å². The van der Waals surface area contributed by atoms with E-state index in [1.165, 1.54) is 4.90 Å². The summed E-state index contributed by atoms with van der Waals surface area (Å²) >= 11 is 5.89. The first kappa shape index (κ1) is 16.5. The molecule has 1 atom stereocenters. The number of anilines is 1. The molecule has 1 aromatic carbocycles. The molecule has 0 radical (unpaired) electrons. The Morgan fingerprint density at radius 2 is 2.15 bits per heavy atom. The van der Waals surface area contributed by atoms with Gasteiger partial charge in [0, 0.05) is 23.2 Å². The van der Waals surface area contributed by atoms with Gasteiger partial charge in [-0.25, -0.2) is 0 Å². The second-order valence-corrected chi connectivity index (χ2v) is 4.95. The van der Waals surface area contributed by atoms with Gasteiger partial charge in [0.25, 0.3) is 0 Å². The first-order valence-corrected chi connectivity index (χ1v) is 6.83. The highest BCUT2D eigenvalue weighted by Gasteiger charge is 2.20. The fourth-order valence-corrected chi connectivity index (χ4v) is 2.08. The number of nitrogens with one attached hydrogen (secondary N) is 1. The molecule has 1 amide bonds. The van der Waals surface area contributed by atoms with Gasteiger partial charge in [0.05, 0.1) is 0 Å². The molecule has 0 spiro atoms. The lowest BCUT2D eigenvalue weighted by atomic mass is 10.2. The number of hydrogen-bond acceptors (Lipinski definition) is 3. The highest BCUT2D eigenvalue weighted by Crippen LogP contribution is 2.20. The van der Waals surface area contributed by atoms with Crippen LogP contribution in [0.3, 0.4) is 0 Å². The number of amides is 1. The van der Waals surface area contributed by atoms with Crippen LogP contribution in [0, 0.1) is 0 Å². The number of hydrogen-bond donors (Lipinski definition) is 2. The molecule has 6 heteroatoms. The third kappa shape index (κ3) is 5.19. The number of carbonyl (C=O) groups excluding carboxylic acids is 1. The fourth-order valence-electron chi connectivity index (χ4n) is 1.90. The van der Waals surface area contributed by atoms with E-state index in [4.69, 9.17) is 16.7 Å². The summed E-state index contributed by atoms with van der Waals surface area (Å²) in [5.41, 5.74) is 0.494. The lowest BCUT2D eigenvalue weighted by molar-refractivity contribution is -0.136. The molecular formula is C14H19ClN2O3. The second-order valence-electron chi connectivity index (χ2n) is 4.52. The van der Waals surface area contributed by atoms with Crippen molar-refractivity contribution >= 4 is 29.2 Å². The number of halogens is 1. The monoisotopic (exact) mass is 298 g/mol. The van der Waals surface area contributed by atoms with Crippen LogP contribution in [-0.4, -0.2) is 36.1 Å². The first-order valence-electron chi connectivity index (χ1n) is 6.45. The Bertz CT molecular complexity index is 479. The van der Waals surface area contributed by atoms with Gasteiger partial charge in [0.15, 0.2) is 0 Å². The van der Waals surface area contributed by atoms with Crippen molar-refractivity contribution in [1.29, 1.82) is 0 Å². The van der Waals surface area contributed by atoms with E-state index in [0.29, 0.717) is 10.7 Å². The van der Waals surface area contributed by atoms with Crippen molar-refractivity contribution in [1.82, 2.24) is 5.32 Å². The van der Waals surface area contributed by atoms with Gasteiger partial charge in [0.1, 0.15) is 6.54 Å². The lowest BCUT2D eigenvalue weighted by Crippen LogP contribution is -2.39. The molecule has 0 aliphatic carbocycles. The molecule has 0 saturated carbocycles. The van der Waals surface area contributed by atoms with E-state index < -0.39 is 5.97 Å². The Balaban J connectivity index is 2.89. The summed E-state index contributed by atoms with van der Waals surface area (Å²) in [5.74, 6) is -1.31. The van der Waals surface area contributed by atoms with Crippen molar-refractivity contribution < 1.29 is 14.7 Å². The molecule has 0 fully saturated rings. The van der Waals surface area contributed by atoms with E-state index in [9.17, 15) is 9.59 Å². The van der Waals surface area contributed by atoms with Gasteiger partial charge >= 0.3 is 5.97 Å². The summed E-state index contributed by atoms with van der Waals surface area (Å²) in [5, 5.41) is 12.5. The Hall–Kier alpha value is -1.59. The number of benzene rings is 1. The lowest BCUT2D eigenvalue weighted by Gasteiger charge is -2.23. The van der Waals surface area contributed by atoms with E-state index in [1.807, 2.05) is 13.8 Å². The molecule has 110 valence electrons. The number of aliphatic carboxylic acids is 1. The third-order valence-corrected chi connectivity index (χ3v) is 2.98. The molecule has 2 N–H and O–H groups in total. The Morgan fingerprint density at radius 3 is 2.70 bits per heavy atom. The van der Waals surface area contributed by atoms with Crippen molar-refractivity contribution in [3.63, 3.8) is 0 Å². The summed E-state index contributed by atoms with van der Waals surface area (Å²) in [6.07, 6.45) is 0.230. The molecular weight excluding hydrogens is 280 g/mol. The van der Waals surface area contributed by atoms with Crippen LogP contribution in [0.15, 0.2) is 24.3 Å². The Labute approximate surface area is 123 Å². The minimum absolute atomic E-state index is 0.0111. The zero-order chi connectivity index (χ0) is 15.1. The summed E-state index contributed by atoms with van der Waals surface area (Å²) in [6, 6.07) is 6.61. The minimum atomic E-state index is -1.06. The number of carboxylic acid groups (broad SMARTS) is 1. The Morgan fingerprint density at radius 1 is 1.45 bits per heavy atom. The zero-order valence-electron chi connectivity index (χ0n) is 11.6. The van der Waals surface area contributed by atoms with Crippen molar-refractivity contribution in [2.24, 2.45) is 0 Å². The number of nitrogens with zero attached hydrogens (tertiary/aromatic N) is 1. The van der Waals surface area contributed by atoms with Crippen molar-refractivity contribution in [3.8, 4) is 0 Å². The van der Waals surface area contributed by atoms with E-state index in [1.54, 1.807) is 24.3 Å². The van der Waals surface area contributed by atoms with Crippen LogP contribution in [0.25, 0.3) is 0 Å². The molecule has 0 heterocycles. The van der Waals surface area contributed by atoms with Crippen LogP contribution in [0.1, 0.15) is 20.3 Å². The predicted octanol–water partition coefficient (Wildman–Crippen LogP) is 2.15. The third-order valence-electron chi connectivity index (χ3n) is 2.75. The predicted molar refractivity (Wildman–Crippen MR) is 79.2 cm³/mol. The molecule has 1 unspecified atom stereocenters. The first-order chi connectivity index (χ1) is 9.43. The maximum absolute atomic E-state index is 12.3. The highest BCUT2D eigenvalue weighted by atomic mass is 35.5. The van der Waals surface area contributed by atoms with E-state index >= 15 is 0 Å². The van der Waals surface area contributed by atoms with Crippen molar-refractivity contribution in [2.45, 2.75) is 26.3 Å². The molecule has 5 nitrogen and oxygen atoms in total. The molecule has 0 aliphatic rings.